The summed E-state index contributed by atoms with van der Waals surface area (Å²) in [5, 5.41) is 4.52. The Morgan fingerprint density at radius 1 is 0.963 bits per heavy atom. The summed E-state index contributed by atoms with van der Waals surface area (Å²) in [6.45, 7) is 1.68. The van der Waals surface area contributed by atoms with Crippen molar-refractivity contribution in [3.8, 4) is 11.5 Å². The molecule has 0 aliphatic heterocycles. The van der Waals surface area contributed by atoms with Crippen LogP contribution < -0.4 is 14.8 Å². The topological polar surface area (TPSA) is 43.4 Å². The highest BCUT2D eigenvalue weighted by Gasteiger charge is 2.13. The molecule has 0 saturated carbocycles. The van der Waals surface area contributed by atoms with Gasteiger partial charge in [-0.3, -0.25) is 4.98 Å². The molecule has 0 fully saturated rings. The lowest BCUT2D eigenvalue weighted by molar-refractivity contribution is 0.284. The van der Waals surface area contributed by atoms with E-state index in [1.54, 1.807) is 13.3 Å². The molecule has 0 amide bonds. The number of benzene rings is 2. The van der Waals surface area contributed by atoms with E-state index in [4.69, 9.17) is 32.7 Å². The molecule has 0 aliphatic rings. The Kier molecular flexibility index (Phi) is 6.93. The van der Waals surface area contributed by atoms with Crippen LogP contribution in [0.15, 0.2) is 60.9 Å². The second-order valence-electron chi connectivity index (χ2n) is 5.95. The Morgan fingerprint density at radius 2 is 1.78 bits per heavy atom. The fraction of sp³-hybridized carbons (Fsp3) is 0.190. The van der Waals surface area contributed by atoms with Crippen LogP contribution in [0.2, 0.25) is 10.0 Å². The zero-order valence-corrected chi connectivity index (χ0v) is 16.4. The number of nitrogens with zero attached hydrogens (tertiary/aromatic N) is 1. The van der Waals surface area contributed by atoms with E-state index >= 15 is 0 Å². The van der Waals surface area contributed by atoms with Gasteiger partial charge in [0.2, 0.25) is 0 Å². The van der Waals surface area contributed by atoms with Gasteiger partial charge in [-0.05, 0) is 35.4 Å². The first-order valence-electron chi connectivity index (χ1n) is 8.49. The minimum absolute atomic E-state index is 0.314. The highest BCUT2D eigenvalue weighted by molar-refractivity contribution is 6.32. The van der Waals surface area contributed by atoms with Gasteiger partial charge in [-0.15, -0.1) is 0 Å². The lowest BCUT2D eigenvalue weighted by Crippen LogP contribution is -2.13. The van der Waals surface area contributed by atoms with Crippen molar-refractivity contribution in [3.63, 3.8) is 0 Å². The van der Waals surface area contributed by atoms with E-state index < -0.39 is 0 Å². The third-order valence-corrected chi connectivity index (χ3v) is 4.65. The molecule has 27 heavy (non-hydrogen) atoms. The van der Waals surface area contributed by atoms with Crippen LogP contribution >= 0.6 is 23.2 Å². The number of rotatable bonds is 8. The predicted molar refractivity (Wildman–Crippen MR) is 109 cm³/mol. The van der Waals surface area contributed by atoms with E-state index in [9.17, 15) is 0 Å². The standard InChI is InChI=1S/C21H20Cl2N2O2/c1-26-20-10-16(13-25-12-15-5-4-8-24-11-15)9-19(23)21(20)27-14-17-6-2-3-7-18(17)22/h2-11,25H,12-14H2,1H3. The second kappa shape index (κ2) is 9.60. The van der Waals surface area contributed by atoms with Crippen LogP contribution in [0.25, 0.3) is 0 Å². The van der Waals surface area contributed by atoms with Crippen LogP contribution in [0, 0.1) is 0 Å². The van der Waals surface area contributed by atoms with Gasteiger partial charge in [-0.25, -0.2) is 0 Å². The van der Waals surface area contributed by atoms with Gasteiger partial charge in [0, 0.05) is 36.1 Å². The number of aromatic nitrogens is 1. The molecule has 0 saturated heterocycles. The van der Waals surface area contributed by atoms with Crippen LogP contribution in [0.4, 0.5) is 0 Å². The molecule has 140 valence electrons. The normalized spacial score (nSPS) is 10.6. The molecule has 0 spiro atoms. The van der Waals surface area contributed by atoms with Crippen molar-refractivity contribution in [1.82, 2.24) is 10.3 Å². The largest absolute Gasteiger partial charge is 0.493 e. The summed E-state index contributed by atoms with van der Waals surface area (Å²) in [7, 11) is 1.60. The molecular formula is C21H20Cl2N2O2. The molecule has 0 aliphatic carbocycles. The predicted octanol–water partition coefficient (Wildman–Crippen LogP) is 5.27. The van der Waals surface area contributed by atoms with Crippen molar-refractivity contribution in [2.75, 3.05) is 7.11 Å². The van der Waals surface area contributed by atoms with Crippen molar-refractivity contribution in [2.45, 2.75) is 19.7 Å². The number of pyridine rings is 1. The fourth-order valence-corrected chi connectivity index (χ4v) is 3.11. The first kappa shape index (κ1) is 19.5. The maximum atomic E-state index is 6.44. The second-order valence-corrected chi connectivity index (χ2v) is 6.77. The highest BCUT2D eigenvalue weighted by atomic mass is 35.5. The number of halogens is 2. The average Bonchev–Trinajstić information content (AvgIpc) is 2.69. The van der Waals surface area contributed by atoms with Crippen molar-refractivity contribution in [2.24, 2.45) is 0 Å². The van der Waals surface area contributed by atoms with Gasteiger partial charge in [-0.2, -0.15) is 0 Å². The number of hydrogen-bond donors (Lipinski definition) is 1. The van der Waals surface area contributed by atoms with Gasteiger partial charge < -0.3 is 14.8 Å². The maximum absolute atomic E-state index is 6.44. The monoisotopic (exact) mass is 402 g/mol. The number of nitrogens with one attached hydrogen (secondary N) is 1. The van der Waals surface area contributed by atoms with Crippen LogP contribution in [0.5, 0.6) is 11.5 Å². The Balaban J connectivity index is 1.66. The summed E-state index contributed by atoms with van der Waals surface area (Å²) < 4.78 is 11.4. The number of hydrogen-bond acceptors (Lipinski definition) is 4. The molecular weight excluding hydrogens is 383 g/mol. The smallest absolute Gasteiger partial charge is 0.180 e. The van der Waals surface area contributed by atoms with E-state index in [1.165, 1.54) is 0 Å². The summed E-state index contributed by atoms with van der Waals surface area (Å²) in [5.41, 5.74) is 3.01. The van der Waals surface area contributed by atoms with Gasteiger partial charge >= 0.3 is 0 Å². The average molecular weight is 403 g/mol. The SMILES string of the molecule is COc1cc(CNCc2cccnc2)cc(Cl)c1OCc1ccccc1Cl. The molecule has 3 rings (SSSR count). The van der Waals surface area contributed by atoms with Gasteiger partial charge in [0.25, 0.3) is 0 Å². The van der Waals surface area contributed by atoms with E-state index in [-0.39, 0.29) is 0 Å². The molecule has 1 aromatic heterocycles. The van der Waals surface area contributed by atoms with Crippen LogP contribution in [0.3, 0.4) is 0 Å². The molecule has 1 heterocycles. The van der Waals surface area contributed by atoms with Gasteiger partial charge in [0.05, 0.1) is 12.1 Å². The van der Waals surface area contributed by atoms with E-state index in [2.05, 4.69) is 10.3 Å². The molecule has 0 atom stereocenters. The van der Waals surface area contributed by atoms with Gasteiger partial charge in [0.15, 0.2) is 11.5 Å². The zero-order valence-electron chi connectivity index (χ0n) is 14.9. The van der Waals surface area contributed by atoms with Gasteiger partial charge in [0.1, 0.15) is 6.61 Å². The molecule has 2 aromatic carbocycles. The van der Waals surface area contributed by atoms with E-state index in [0.717, 1.165) is 23.2 Å². The third kappa shape index (κ3) is 5.36. The molecule has 4 nitrogen and oxygen atoms in total. The fourth-order valence-electron chi connectivity index (χ4n) is 2.63. The third-order valence-electron chi connectivity index (χ3n) is 4.00. The Bertz CT molecular complexity index is 889. The van der Waals surface area contributed by atoms with Crippen molar-refractivity contribution >= 4 is 23.2 Å². The molecule has 3 aromatic rings. The summed E-state index contributed by atoms with van der Waals surface area (Å²) in [4.78, 5) is 4.11. The van der Waals surface area contributed by atoms with Crippen molar-refractivity contribution < 1.29 is 9.47 Å². The highest BCUT2D eigenvalue weighted by Crippen LogP contribution is 2.37. The molecule has 6 heteroatoms. The zero-order chi connectivity index (χ0) is 19.1. The van der Waals surface area contributed by atoms with Crippen molar-refractivity contribution in [3.05, 3.63) is 87.7 Å². The lowest BCUT2D eigenvalue weighted by atomic mass is 10.2. The van der Waals surface area contributed by atoms with E-state index in [0.29, 0.717) is 34.7 Å². The molecule has 1 N–H and O–H groups in total. The summed E-state index contributed by atoms with van der Waals surface area (Å²) in [6, 6.07) is 15.3. The summed E-state index contributed by atoms with van der Waals surface area (Å²) in [6.07, 6.45) is 3.60. The first-order chi connectivity index (χ1) is 13.2. The quantitative estimate of drug-likeness (QED) is 0.557. The Morgan fingerprint density at radius 3 is 2.52 bits per heavy atom. The Labute approximate surface area is 169 Å². The summed E-state index contributed by atoms with van der Waals surface area (Å²) >= 11 is 12.6. The maximum Gasteiger partial charge on any atom is 0.180 e. The first-order valence-corrected chi connectivity index (χ1v) is 9.25. The van der Waals surface area contributed by atoms with Crippen molar-refractivity contribution in [1.29, 1.82) is 0 Å². The minimum Gasteiger partial charge on any atom is -0.493 e. The number of ether oxygens (including phenoxy) is 2. The molecule has 0 radical (unpaired) electrons. The molecule has 0 bridgehead atoms. The van der Waals surface area contributed by atoms with Crippen LogP contribution in [0.1, 0.15) is 16.7 Å². The molecule has 0 unspecified atom stereocenters. The lowest BCUT2D eigenvalue weighted by Gasteiger charge is -2.15. The van der Waals surface area contributed by atoms with Crippen LogP contribution in [-0.2, 0) is 19.7 Å². The minimum atomic E-state index is 0.314. The Hall–Kier alpha value is -2.27. The number of methoxy groups -OCH3 is 1. The van der Waals surface area contributed by atoms with E-state index in [1.807, 2.05) is 54.7 Å². The van der Waals surface area contributed by atoms with Crippen LogP contribution in [-0.4, -0.2) is 12.1 Å². The summed E-state index contributed by atoms with van der Waals surface area (Å²) in [5.74, 6) is 1.10. The van der Waals surface area contributed by atoms with Gasteiger partial charge in [-0.1, -0.05) is 47.5 Å².